The lowest BCUT2D eigenvalue weighted by molar-refractivity contribution is -0.120. The van der Waals surface area contributed by atoms with Gasteiger partial charge in [0.15, 0.2) is 5.65 Å². The van der Waals surface area contributed by atoms with E-state index in [9.17, 15) is 9.59 Å². The number of nitrogens with zero attached hydrogens (tertiary/aromatic N) is 3. The lowest BCUT2D eigenvalue weighted by atomic mass is 10.1. The van der Waals surface area contributed by atoms with Crippen LogP contribution in [-0.2, 0) is 4.79 Å². The molecule has 0 aliphatic rings. The number of aromatic nitrogens is 3. The van der Waals surface area contributed by atoms with E-state index in [1.165, 1.54) is 6.20 Å². The number of fused-ring (bicyclic) bond motifs is 1. The molecule has 7 nitrogen and oxygen atoms in total. The van der Waals surface area contributed by atoms with Crippen LogP contribution >= 0.6 is 0 Å². The molecular weight excluding hydrogens is 318 g/mol. The predicted molar refractivity (Wildman–Crippen MR) is 93.8 cm³/mol. The fourth-order valence-electron chi connectivity index (χ4n) is 2.62. The zero-order chi connectivity index (χ0) is 18.0. The van der Waals surface area contributed by atoms with Gasteiger partial charge in [0.2, 0.25) is 5.91 Å². The molecule has 3 N–H and O–H groups in total. The SMILES string of the molecule is CC(C)n1ncc2cc(C(=O)NC(C(N)=O)c3ccccc3)cnc21. The highest BCUT2D eigenvalue weighted by molar-refractivity contribution is 5.99. The summed E-state index contributed by atoms with van der Waals surface area (Å²) < 4.78 is 1.78. The monoisotopic (exact) mass is 337 g/mol. The normalized spacial score (nSPS) is 12.3. The molecule has 2 heterocycles. The number of carbonyl (C=O) groups is 2. The Kier molecular flexibility index (Phi) is 4.47. The van der Waals surface area contributed by atoms with E-state index in [4.69, 9.17) is 5.73 Å². The summed E-state index contributed by atoms with van der Waals surface area (Å²) in [5.74, 6) is -1.04. The van der Waals surface area contributed by atoms with Crippen molar-refractivity contribution in [3.8, 4) is 0 Å². The number of benzene rings is 1. The van der Waals surface area contributed by atoms with E-state index in [1.54, 1.807) is 41.2 Å². The summed E-state index contributed by atoms with van der Waals surface area (Å²) in [5, 5.41) is 7.70. The summed E-state index contributed by atoms with van der Waals surface area (Å²) in [6.07, 6.45) is 3.14. The number of nitrogens with two attached hydrogens (primary N) is 1. The molecule has 0 aliphatic heterocycles. The van der Waals surface area contributed by atoms with E-state index in [0.29, 0.717) is 16.8 Å². The van der Waals surface area contributed by atoms with E-state index in [2.05, 4.69) is 15.4 Å². The summed E-state index contributed by atoms with van der Waals surface area (Å²) in [5.41, 5.74) is 7.12. The third-order valence-electron chi connectivity index (χ3n) is 3.88. The van der Waals surface area contributed by atoms with Crippen molar-refractivity contribution in [2.45, 2.75) is 25.9 Å². The van der Waals surface area contributed by atoms with Crippen molar-refractivity contribution in [3.63, 3.8) is 0 Å². The third-order valence-corrected chi connectivity index (χ3v) is 3.88. The number of amides is 2. The molecule has 0 aliphatic carbocycles. The van der Waals surface area contributed by atoms with Crippen molar-refractivity contribution in [2.75, 3.05) is 0 Å². The minimum Gasteiger partial charge on any atom is -0.368 e. The molecule has 3 aromatic rings. The molecule has 0 radical (unpaired) electrons. The van der Waals surface area contributed by atoms with Crippen LogP contribution in [0, 0.1) is 0 Å². The minimum atomic E-state index is -0.900. The molecule has 0 saturated carbocycles. The van der Waals surface area contributed by atoms with Gasteiger partial charge in [-0.05, 0) is 25.5 Å². The maximum Gasteiger partial charge on any atom is 0.253 e. The van der Waals surface area contributed by atoms with Gasteiger partial charge in [-0.15, -0.1) is 0 Å². The Labute approximate surface area is 144 Å². The average Bonchev–Trinajstić information content (AvgIpc) is 3.03. The number of nitrogens with one attached hydrogen (secondary N) is 1. The first-order valence-corrected chi connectivity index (χ1v) is 7.95. The van der Waals surface area contributed by atoms with E-state index in [0.717, 1.165) is 5.39 Å². The van der Waals surface area contributed by atoms with Crippen molar-refractivity contribution >= 4 is 22.8 Å². The van der Waals surface area contributed by atoms with Gasteiger partial charge >= 0.3 is 0 Å². The van der Waals surface area contributed by atoms with Crippen LogP contribution < -0.4 is 11.1 Å². The standard InChI is InChI=1S/C18H19N5O2/c1-11(2)23-17-13(10-21-23)8-14(9-20-17)18(25)22-15(16(19)24)12-6-4-3-5-7-12/h3-11,15H,1-2H3,(H2,19,24)(H,22,25). The summed E-state index contributed by atoms with van der Waals surface area (Å²) >= 11 is 0. The number of rotatable bonds is 5. The Hall–Kier alpha value is -3.22. The maximum atomic E-state index is 12.5. The third kappa shape index (κ3) is 3.35. The molecule has 0 spiro atoms. The number of hydrogen-bond donors (Lipinski definition) is 2. The molecule has 1 atom stereocenters. The van der Waals surface area contributed by atoms with Crippen LogP contribution in [0.5, 0.6) is 0 Å². The summed E-state index contributed by atoms with van der Waals surface area (Å²) in [4.78, 5) is 28.6. The van der Waals surface area contributed by atoms with Gasteiger partial charge in [0.25, 0.3) is 5.91 Å². The molecule has 128 valence electrons. The van der Waals surface area contributed by atoms with Gasteiger partial charge < -0.3 is 11.1 Å². The Morgan fingerprint density at radius 1 is 1.16 bits per heavy atom. The van der Waals surface area contributed by atoms with E-state index in [1.807, 2.05) is 19.9 Å². The second-order valence-electron chi connectivity index (χ2n) is 6.04. The van der Waals surface area contributed by atoms with E-state index >= 15 is 0 Å². The number of pyridine rings is 1. The van der Waals surface area contributed by atoms with Gasteiger partial charge in [-0.1, -0.05) is 30.3 Å². The van der Waals surface area contributed by atoms with Gasteiger partial charge in [-0.2, -0.15) is 5.10 Å². The lowest BCUT2D eigenvalue weighted by Gasteiger charge is -2.15. The molecule has 1 unspecified atom stereocenters. The largest absolute Gasteiger partial charge is 0.368 e. The average molecular weight is 337 g/mol. The molecule has 0 bridgehead atoms. The second-order valence-corrected chi connectivity index (χ2v) is 6.04. The van der Waals surface area contributed by atoms with Gasteiger partial charge in [0.05, 0.1) is 11.8 Å². The van der Waals surface area contributed by atoms with Gasteiger partial charge in [-0.25, -0.2) is 9.67 Å². The highest BCUT2D eigenvalue weighted by atomic mass is 16.2. The van der Waals surface area contributed by atoms with Crippen LogP contribution in [0.3, 0.4) is 0 Å². The fraction of sp³-hybridized carbons (Fsp3) is 0.222. The first-order valence-electron chi connectivity index (χ1n) is 7.95. The van der Waals surface area contributed by atoms with Crippen LogP contribution in [0.2, 0.25) is 0 Å². The predicted octanol–water partition coefficient (Wildman–Crippen LogP) is 1.97. The van der Waals surface area contributed by atoms with Crippen LogP contribution in [0.4, 0.5) is 0 Å². The highest BCUT2D eigenvalue weighted by Gasteiger charge is 2.21. The zero-order valence-electron chi connectivity index (χ0n) is 14.0. The fourth-order valence-corrected chi connectivity index (χ4v) is 2.62. The molecular formula is C18H19N5O2. The number of carbonyl (C=O) groups excluding carboxylic acids is 2. The van der Waals surface area contributed by atoms with Crippen molar-refractivity contribution in [1.82, 2.24) is 20.1 Å². The molecule has 1 aromatic carbocycles. The number of primary amides is 1. The molecule has 7 heteroatoms. The van der Waals surface area contributed by atoms with E-state index in [-0.39, 0.29) is 6.04 Å². The first kappa shape index (κ1) is 16.6. The van der Waals surface area contributed by atoms with Crippen molar-refractivity contribution in [3.05, 3.63) is 59.9 Å². The Morgan fingerprint density at radius 3 is 2.52 bits per heavy atom. The maximum absolute atomic E-state index is 12.5. The molecule has 0 fully saturated rings. The van der Waals surface area contributed by atoms with Crippen molar-refractivity contribution < 1.29 is 9.59 Å². The highest BCUT2D eigenvalue weighted by Crippen LogP contribution is 2.18. The zero-order valence-corrected chi connectivity index (χ0v) is 14.0. The van der Waals surface area contributed by atoms with Crippen molar-refractivity contribution in [2.24, 2.45) is 5.73 Å². The number of hydrogen-bond acceptors (Lipinski definition) is 4. The second kappa shape index (κ2) is 6.72. The minimum absolute atomic E-state index is 0.169. The first-order chi connectivity index (χ1) is 12.0. The Bertz CT molecular complexity index is 918. The van der Waals surface area contributed by atoms with Crippen LogP contribution in [0.1, 0.15) is 41.9 Å². The van der Waals surface area contributed by atoms with Crippen molar-refractivity contribution in [1.29, 1.82) is 0 Å². The van der Waals surface area contributed by atoms with Crippen LogP contribution in [-0.4, -0.2) is 26.6 Å². The molecule has 25 heavy (non-hydrogen) atoms. The quantitative estimate of drug-likeness (QED) is 0.743. The Morgan fingerprint density at radius 2 is 1.88 bits per heavy atom. The van der Waals surface area contributed by atoms with Gasteiger partial charge in [0.1, 0.15) is 6.04 Å². The molecule has 2 aromatic heterocycles. The van der Waals surface area contributed by atoms with Crippen LogP contribution in [0.25, 0.3) is 11.0 Å². The molecule has 3 rings (SSSR count). The Balaban J connectivity index is 1.87. The van der Waals surface area contributed by atoms with E-state index < -0.39 is 17.9 Å². The topological polar surface area (TPSA) is 103 Å². The summed E-state index contributed by atoms with van der Waals surface area (Å²) in [6.45, 7) is 4.01. The molecule has 2 amide bonds. The smallest absolute Gasteiger partial charge is 0.253 e. The van der Waals surface area contributed by atoms with Gasteiger partial charge in [0, 0.05) is 17.6 Å². The summed E-state index contributed by atoms with van der Waals surface area (Å²) in [7, 11) is 0. The lowest BCUT2D eigenvalue weighted by Crippen LogP contribution is -2.37. The molecule has 0 saturated heterocycles. The van der Waals surface area contributed by atoms with Gasteiger partial charge in [-0.3, -0.25) is 9.59 Å². The van der Waals surface area contributed by atoms with Crippen LogP contribution in [0.15, 0.2) is 48.8 Å². The summed E-state index contributed by atoms with van der Waals surface area (Å²) in [6, 6.07) is 9.84.